The minimum Gasteiger partial charge on any atom is -0.296 e. The summed E-state index contributed by atoms with van der Waals surface area (Å²) >= 11 is 3.00. The standard InChI is InChI=1S/C26H20N4OS2/c1-17-9-5-6-12-19(17)16-32-26-30-29-25(33-26)28-24(31)21-15-23(18-10-3-2-4-11-18)27-22-14-8-7-13-20(21)22/h2-15H,16H2,1H3,(H,28,29,31). The summed E-state index contributed by atoms with van der Waals surface area (Å²) in [5.41, 5.74) is 5.57. The van der Waals surface area contributed by atoms with Crippen LogP contribution < -0.4 is 5.32 Å². The predicted octanol–water partition coefficient (Wildman–Crippen LogP) is 6.61. The third kappa shape index (κ3) is 4.79. The van der Waals surface area contributed by atoms with Gasteiger partial charge in [0.05, 0.1) is 16.8 Å². The lowest BCUT2D eigenvalue weighted by atomic mass is 10.0. The third-order valence-corrected chi connectivity index (χ3v) is 7.29. The van der Waals surface area contributed by atoms with Crippen molar-refractivity contribution in [3.8, 4) is 11.3 Å². The normalized spacial score (nSPS) is 10.9. The van der Waals surface area contributed by atoms with Crippen LogP contribution in [0.1, 0.15) is 21.5 Å². The molecule has 2 heterocycles. The number of nitrogens with one attached hydrogen (secondary N) is 1. The number of benzene rings is 3. The molecule has 0 radical (unpaired) electrons. The second-order valence-corrected chi connectivity index (χ2v) is 9.68. The maximum atomic E-state index is 13.2. The lowest BCUT2D eigenvalue weighted by Crippen LogP contribution is -2.13. The lowest BCUT2D eigenvalue weighted by molar-refractivity contribution is 0.102. The maximum Gasteiger partial charge on any atom is 0.258 e. The fourth-order valence-electron chi connectivity index (χ4n) is 3.51. The molecule has 5 aromatic rings. The molecule has 3 aromatic carbocycles. The quantitative estimate of drug-likeness (QED) is 0.224. The van der Waals surface area contributed by atoms with Crippen LogP contribution in [0.4, 0.5) is 5.13 Å². The average Bonchev–Trinajstić information content (AvgIpc) is 3.30. The van der Waals surface area contributed by atoms with Crippen molar-refractivity contribution in [3.63, 3.8) is 0 Å². The molecule has 33 heavy (non-hydrogen) atoms. The molecule has 0 aliphatic heterocycles. The van der Waals surface area contributed by atoms with E-state index in [1.54, 1.807) is 11.8 Å². The molecule has 1 amide bonds. The highest BCUT2D eigenvalue weighted by atomic mass is 32.2. The monoisotopic (exact) mass is 468 g/mol. The van der Waals surface area contributed by atoms with Crippen LogP contribution in [0.5, 0.6) is 0 Å². The smallest absolute Gasteiger partial charge is 0.258 e. The van der Waals surface area contributed by atoms with Gasteiger partial charge in [-0.05, 0) is 30.2 Å². The van der Waals surface area contributed by atoms with Gasteiger partial charge in [-0.3, -0.25) is 10.1 Å². The number of carbonyl (C=O) groups is 1. The van der Waals surface area contributed by atoms with Crippen LogP contribution in [0.2, 0.25) is 0 Å². The molecular weight excluding hydrogens is 448 g/mol. The Morgan fingerprint density at radius 3 is 2.55 bits per heavy atom. The number of nitrogens with zero attached hydrogens (tertiary/aromatic N) is 3. The zero-order chi connectivity index (χ0) is 22.6. The van der Waals surface area contributed by atoms with Crippen molar-refractivity contribution in [1.82, 2.24) is 15.2 Å². The van der Waals surface area contributed by atoms with E-state index < -0.39 is 0 Å². The van der Waals surface area contributed by atoms with E-state index in [9.17, 15) is 4.79 Å². The Morgan fingerprint density at radius 2 is 1.70 bits per heavy atom. The molecule has 0 atom stereocenters. The summed E-state index contributed by atoms with van der Waals surface area (Å²) in [6.07, 6.45) is 0. The fourth-order valence-corrected chi connectivity index (χ4v) is 5.34. The highest BCUT2D eigenvalue weighted by Gasteiger charge is 2.16. The molecule has 0 aliphatic carbocycles. The van der Waals surface area contributed by atoms with Gasteiger partial charge in [-0.25, -0.2) is 4.98 Å². The number of para-hydroxylation sites is 1. The van der Waals surface area contributed by atoms with Crippen molar-refractivity contribution in [2.75, 3.05) is 5.32 Å². The topological polar surface area (TPSA) is 67.8 Å². The van der Waals surface area contributed by atoms with Crippen LogP contribution in [0, 0.1) is 6.92 Å². The minimum atomic E-state index is -0.225. The number of amides is 1. The van der Waals surface area contributed by atoms with Gasteiger partial charge >= 0.3 is 0 Å². The summed E-state index contributed by atoms with van der Waals surface area (Å²) in [5, 5.41) is 12.6. The number of hydrogen-bond acceptors (Lipinski definition) is 6. The van der Waals surface area contributed by atoms with Crippen LogP contribution in [-0.4, -0.2) is 21.1 Å². The Kier molecular flexibility index (Phi) is 6.15. The molecule has 0 unspecified atom stereocenters. The van der Waals surface area contributed by atoms with Crippen molar-refractivity contribution in [3.05, 3.63) is 102 Å². The van der Waals surface area contributed by atoms with E-state index in [4.69, 9.17) is 4.98 Å². The molecule has 0 aliphatic rings. The first kappa shape index (κ1) is 21.3. The SMILES string of the molecule is Cc1ccccc1CSc1nnc(NC(=O)c2cc(-c3ccccc3)nc3ccccc23)s1. The number of carbonyl (C=O) groups excluding carboxylic acids is 1. The number of aryl methyl sites for hydroxylation is 1. The molecule has 0 saturated heterocycles. The Balaban J connectivity index is 1.38. The summed E-state index contributed by atoms with van der Waals surface area (Å²) in [6.45, 7) is 2.10. The molecule has 0 bridgehead atoms. The van der Waals surface area contributed by atoms with Gasteiger partial charge < -0.3 is 0 Å². The molecule has 0 fully saturated rings. The molecule has 0 spiro atoms. The zero-order valence-electron chi connectivity index (χ0n) is 17.9. The fraction of sp³-hybridized carbons (Fsp3) is 0.0769. The second kappa shape index (κ2) is 9.52. The molecule has 7 heteroatoms. The van der Waals surface area contributed by atoms with Crippen molar-refractivity contribution in [2.24, 2.45) is 0 Å². The molecular formula is C26H20N4OS2. The number of rotatable bonds is 6. The number of pyridine rings is 1. The van der Waals surface area contributed by atoms with Gasteiger partial charge in [-0.15, -0.1) is 10.2 Å². The zero-order valence-corrected chi connectivity index (χ0v) is 19.5. The highest BCUT2D eigenvalue weighted by molar-refractivity contribution is 8.00. The Hall–Kier alpha value is -3.55. The average molecular weight is 469 g/mol. The second-order valence-electron chi connectivity index (χ2n) is 7.48. The molecule has 2 aromatic heterocycles. The number of thioether (sulfide) groups is 1. The van der Waals surface area contributed by atoms with Gasteiger partial charge in [-0.1, -0.05) is 95.9 Å². The molecule has 162 valence electrons. The van der Waals surface area contributed by atoms with E-state index in [0.29, 0.717) is 10.7 Å². The number of anilines is 1. The van der Waals surface area contributed by atoms with Gasteiger partial charge in [-0.2, -0.15) is 0 Å². The van der Waals surface area contributed by atoms with Crippen molar-refractivity contribution in [2.45, 2.75) is 17.0 Å². The predicted molar refractivity (Wildman–Crippen MR) is 136 cm³/mol. The van der Waals surface area contributed by atoms with Crippen LogP contribution in [0.25, 0.3) is 22.2 Å². The first-order valence-electron chi connectivity index (χ1n) is 10.4. The Labute approximate surface area is 199 Å². The summed E-state index contributed by atoms with van der Waals surface area (Å²) in [6, 6.07) is 27.7. The molecule has 5 rings (SSSR count). The van der Waals surface area contributed by atoms with E-state index in [2.05, 4.69) is 34.6 Å². The van der Waals surface area contributed by atoms with Crippen molar-refractivity contribution < 1.29 is 4.79 Å². The van der Waals surface area contributed by atoms with E-state index in [1.165, 1.54) is 22.5 Å². The van der Waals surface area contributed by atoms with Crippen LogP contribution in [0.3, 0.4) is 0 Å². The number of hydrogen-bond donors (Lipinski definition) is 1. The minimum absolute atomic E-state index is 0.225. The first-order valence-corrected chi connectivity index (χ1v) is 12.2. The van der Waals surface area contributed by atoms with E-state index in [1.807, 2.05) is 72.8 Å². The summed E-state index contributed by atoms with van der Waals surface area (Å²) < 4.78 is 0.818. The summed E-state index contributed by atoms with van der Waals surface area (Å²) in [7, 11) is 0. The largest absolute Gasteiger partial charge is 0.296 e. The Morgan fingerprint density at radius 1 is 0.939 bits per heavy atom. The van der Waals surface area contributed by atoms with Crippen molar-refractivity contribution in [1.29, 1.82) is 0 Å². The summed E-state index contributed by atoms with van der Waals surface area (Å²) in [5.74, 6) is 0.586. The number of fused-ring (bicyclic) bond motifs is 1. The Bertz CT molecular complexity index is 1430. The van der Waals surface area contributed by atoms with Gasteiger partial charge in [0.2, 0.25) is 5.13 Å². The number of aromatic nitrogens is 3. The van der Waals surface area contributed by atoms with Crippen LogP contribution >= 0.6 is 23.1 Å². The lowest BCUT2D eigenvalue weighted by Gasteiger charge is -2.09. The van der Waals surface area contributed by atoms with Gasteiger partial charge in [0, 0.05) is 16.7 Å². The van der Waals surface area contributed by atoms with Crippen LogP contribution in [0.15, 0.2) is 89.3 Å². The summed E-state index contributed by atoms with van der Waals surface area (Å²) in [4.78, 5) is 18.0. The van der Waals surface area contributed by atoms with Gasteiger partial charge in [0.15, 0.2) is 4.34 Å². The molecule has 5 nitrogen and oxygen atoms in total. The van der Waals surface area contributed by atoms with E-state index in [-0.39, 0.29) is 5.91 Å². The van der Waals surface area contributed by atoms with Crippen molar-refractivity contribution >= 4 is 45.0 Å². The van der Waals surface area contributed by atoms with E-state index in [0.717, 1.165) is 32.3 Å². The van der Waals surface area contributed by atoms with Crippen LogP contribution in [-0.2, 0) is 5.75 Å². The third-order valence-electron chi connectivity index (χ3n) is 5.27. The first-order chi connectivity index (χ1) is 16.2. The van der Waals surface area contributed by atoms with Gasteiger partial charge in [0.25, 0.3) is 5.91 Å². The molecule has 0 saturated carbocycles. The molecule has 1 N–H and O–H groups in total. The van der Waals surface area contributed by atoms with Gasteiger partial charge in [0.1, 0.15) is 0 Å². The maximum absolute atomic E-state index is 13.2. The van der Waals surface area contributed by atoms with E-state index >= 15 is 0 Å². The highest BCUT2D eigenvalue weighted by Crippen LogP contribution is 2.30.